The van der Waals surface area contributed by atoms with Crippen molar-refractivity contribution in [3.8, 4) is 11.1 Å². The number of imidazole rings is 1. The minimum Gasteiger partial charge on any atom is -0.337 e. The third kappa shape index (κ3) is 7.01. The molecule has 0 atom stereocenters. The maximum absolute atomic E-state index is 13.7. The Morgan fingerprint density at radius 1 is 0.956 bits per heavy atom. The summed E-state index contributed by atoms with van der Waals surface area (Å²) in [6.07, 6.45) is 1.29. The number of Topliss-reactive ketones (excluding diaryl/α,β-unsaturated/α-hetero) is 1. The van der Waals surface area contributed by atoms with Crippen molar-refractivity contribution >= 4 is 32.9 Å². The Morgan fingerprint density at radius 3 is 2.38 bits per heavy atom. The molecule has 10 heteroatoms. The van der Waals surface area contributed by atoms with E-state index in [0.29, 0.717) is 42.6 Å². The van der Waals surface area contributed by atoms with E-state index in [1.54, 1.807) is 32.0 Å². The number of anilines is 1. The number of carbonyl (C=O) groups is 1. The quantitative estimate of drug-likeness (QED) is 0.171. The van der Waals surface area contributed by atoms with E-state index in [0.717, 1.165) is 44.9 Å². The molecule has 5 rings (SSSR count). The third-order valence-corrected chi connectivity index (χ3v) is 9.36. The molecule has 0 bridgehead atoms. The van der Waals surface area contributed by atoms with Crippen molar-refractivity contribution in [2.24, 2.45) is 5.41 Å². The predicted molar refractivity (Wildman–Crippen MR) is 177 cm³/mol. The minimum atomic E-state index is -4.03. The Balaban J connectivity index is 1.57. The van der Waals surface area contributed by atoms with Gasteiger partial charge in [-0.1, -0.05) is 62.3 Å². The highest BCUT2D eigenvalue weighted by atomic mass is 32.2. The van der Waals surface area contributed by atoms with Crippen molar-refractivity contribution in [3.05, 3.63) is 88.0 Å². The number of aryl methyl sites for hydroxylation is 5. The van der Waals surface area contributed by atoms with Gasteiger partial charge in [0.25, 0.3) is 10.0 Å². The first kappa shape index (κ1) is 32.1. The number of nitrogens with one attached hydrogen (secondary N) is 1. The number of nitrogens with zero attached hydrogens (tertiary/aromatic N) is 4. The lowest BCUT2D eigenvalue weighted by molar-refractivity contribution is -0.120. The number of aromatic nitrogens is 4. The van der Waals surface area contributed by atoms with Crippen LogP contribution < -0.4 is 4.72 Å². The van der Waals surface area contributed by atoms with Crippen LogP contribution in [0.4, 0.5) is 5.88 Å². The maximum atomic E-state index is 13.7. The van der Waals surface area contributed by atoms with Gasteiger partial charge in [0.1, 0.15) is 17.1 Å². The first-order valence-corrected chi connectivity index (χ1v) is 16.6. The van der Waals surface area contributed by atoms with E-state index in [9.17, 15) is 13.2 Å². The monoisotopic (exact) mass is 627 g/mol. The van der Waals surface area contributed by atoms with Crippen molar-refractivity contribution in [1.82, 2.24) is 19.7 Å². The fraction of sp³-hybridized carbons (Fsp3) is 0.371. The lowest BCUT2D eigenvalue weighted by Crippen LogP contribution is -2.15. The zero-order valence-electron chi connectivity index (χ0n) is 27.3. The van der Waals surface area contributed by atoms with Crippen molar-refractivity contribution in [3.63, 3.8) is 0 Å². The Kier molecular flexibility index (Phi) is 8.72. The predicted octanol–water partition coefficient (Wildman–Crippen LogP) is 7.42. The number of benzene rings is 2. The molecule has 0 aliphatic rings. The van der Waals surface area contributed by atoms with Crippen LogP contribution in [0.15, 0.2) is 57.9 Å². The normalized spacial score (nSPS) is 12.2. The van der Waals surface area contributed by atoms with E-state index in [1.165, 1.54) is 0 Å². The first-order valence-electron chi connectivity index (χ1n) is 15.1. The average molecular weight is 628 g/mol. The van der Waals surface area contributed by atoms with Crippen LogP contribution in [0, 0.1) is 40.0 Å². The first-order chi connectivity index (χ1) is 21.1. The van der Waals surface area contributed by atoms with E-state index >= 15 is 0 Å². The van der Waals surface area contributed by atoms with Gasteiger partial charge in [0.05, 0.1) is 17.1 Å². The van der Waals surface area contributed by atoms with Gasteiger partial charge < -0.3 is 9.09 Å². The molecule has 3 aromatic heterocycles. The molecule has 2 aromatic carbocycles. The summed E-state index contributed by atoms with van der Waals surface area (Å²) < 4.78 is 37.4. The topological polar surface area (TPSA) is 120 Å². The summed E-state index contributed by atoms with van der Waals surface area (Å²) >= 11 is 0. The van der Waals surface area contributed by atoms with Gasteiger partial charge >= 0.3 is 0 Å². The van der Waals surface area contributed by atoms with Crippen LogP contribution >= 0.6 is 0 Å². The lowest BCUT2D eigenvalue weighted by Gasteiger charge is -2.18. The zero-order valence-corrected chi connectivity index (χ0v) is 28.1. The van der Waals surface area contributed by atoms with E-state index in [-0.39, 0.29) is 22.0 Å². The molecule has 0 unspecified atom stereocenters. The van der Waals surface area contributed by atoms with Crippen LogP contribution in [-0.4, -0.2) is 33.9 Å². The van der Waals surface area contributed by atoms with Crippen molar-refractivity contribution in [2.45, 2.75) is 86.1 Å². The molecular weight excluding hydrogens is 586 g/mol. The molecule has 0 saturated heterocycles. The lowest BCUT2D eigenvalue weighted by atomic mass is 9.87. The summed E-state index contributed by atoms with van der Waals surface area (Å²) in [5, 5.41) is 3.88. The molecule has 1 N–H and O–H groups in total. The summed E-state index contributed by atoms with van der Waals surface area (Å²) in [5.41, 5.74) is 8.04. The Bertz CT molecular complexity index is 2020. The molecule has 0 aliphatic carbocycles. The number of carbonyl (C=O) groups excluding carboxylic acids is 1. The van der Waals surface area contributed by atoms with Gasteiger partial charge in [0.15, 0.2) is 5.65 Å². The highest BCUT2D eigenvalue weighted by molar-refractivity contribution is 7.92. The third-order valence-electron chi connectivity index (χ3n) is 7.97. The maximum Gasteiger partial charge on any atom is 0.264 e. The highest BCUT2D eigenvalue weighted by Gasteiger charge is 2.24. The Labute approximate surface area is 265 Å². The van der Waals surface area contributed by atoms with Crippen molar-refractivity contribution < 1.29 is 17.7 Å². The molecule has 0 saturated carbocycles. The number of hydrogen-bond acceptors (Lipinski definition) is 7. The molecule has 236 valence electrons. The molecule has 0 aliphatic heterocycles. The molecule has 45 heavy (non-hydrogen) atoms. The van der Waals surface area contributed by atoms with Gasteiger partial charge in [-0.3, -0.25) is 4.79 Å². The number of hydrogen-bond donors (Lipinski definition) is 1. The molecule has 5 aromatic rings. The van der Waals surface area contributed by atoms with Gasteiger partial charge in [0, 0.05) is 29.7 Å². The van der Waals surface area contributed by atoms with Crippen LogP contribution in [0.1, 0.15) is 73.1 Å². The minimum absolute atomic E-state index is 0.0904. The van der Waals surface area contributed by atoms with Crippen LogP contribution in [0.5, 0.6) is 0 Å². The number of fused-ring (bicyclic) bond motifs is 1. The zero-order chi connectivity index (χ0) is 32.7. The SMILES string of the molecule is Cc1cc(C)c2nc(C)n(Cc3ccc(-c4ccccc4S(=O)(=O)Nc4onc(C)c4C)c(CCC(=O)CC(C)(C)C)c3)c2n1. The summed E-state index contributed by atoms with van der Waals surface area (Å²) in [7, 11) is -4.03. The van der Waals surface area contributed by atoms with Crippen molar-refractivity contribution in [2.75, 3.05) is 4.72 Å². The fourth-order valence-corrected chi connectivity index (χ4v) is 6.93. The highest BCUT2D eigenvalue weighted by Crippen LogP contribution is 2.34. The summed E-state index contributed by atoms with van der Waals surface area (Å²) in [4.78, 5) is 22.7. The Hall–Kier alpha value is -4.31. The van der Waals surface area contributed by atoms with Crippen molar-refractivity contribution in [1.29, 1.82) is 0 Å². The van der Waals surface area contributed by atoms with E-state index in [2.05, 4.69) is 41.3 Å². The van der Waals surface area contributed by atoms with Gasteiger partial charge in [0.2, 0.25) is 5.88 Å². The molecule has 0 amide bonds. The van der Waals surface area contributed by atoms with Crippen LogP contribution in [0.2, 0.25) is 0 Å². The summed E-state index contributed by atoms with van der Waals surface area (Å²) in [6.45, 7) is 16.2. The second-order valence-corrected chi connectivity index (χ2v) is 14.7. The molecule has 0 fully saturated rings. The molecule has 0 spiro atoms. The Morgan fingerprint density at radius 2 is 1.69 bits per heavy atom. The van der Waals surface area contributed by atoms with Gasteiger partial charge in [-0.05, 0) is 80.8 Å². The average Bonchev–Trinajstić information content (AvgIpc) is 3.44. The number of ketones is 1. The van der Waals surface area contributed by atoms with E-state index in [4.69, 9.17) is 14.5 Å². The summed E-state index contributed by atoms with van der Waals surface area (Å²) in [6, 6.07) is 15.0. The summed E-state index contributed by atoms with van der Waals surface area (Å²) in [5.74, 6) is 1.12. The van der Waals surface area contributed by atoms with Gasteiger partial charge in [-0.2, -0.15) is 0 Å². The number of rotatable bonds is 10. The standard InChI is InChI=1S/C35H41N5O4S/c1-21-17-22(2)36-33-32(21)37-25(5)40(33)20-26-13-16-29(27(18-26)14-15-28(41)19-35(6,7)8)30-11-9-10-12-31(30)45(42,43)39-34-23(3)24(4)38-44-34/h9-13,16-18,39H,14-15,19-20H2,1-8H3. The molecular formula is C35H41N5O4S. The molecule has 9 nitrogen and oxygen atoms in total. The smallest absolute Gasteiger partial charge is 0.264 e. The number of sulfonamides is 1. The second kappa shape index (κ2) is 12.2. The van der Waals surface area contributed by atoms with Crippen LogP contribution in [0.3, 0.4) is 0 Å². The van der Waals surface area contributed by atoms with Gasteiger partial charge in [-0.15, -0.1) is 0 Å². The van der Waals surface area contributed by atoms with Crippen LogP contribution in [0.25, 0.3) is 22.3 Å². The van der Waals surface area contributed by atoms with Gasteiger partial charge in [-0.25, -0.2) is 23.1 Å². The molecule has 3 heterocycles. The number of pyridine rings is 1. The fourth-order valence-electron chi connectivity index (χ4n) is 5.66. The van der Waals surface area contributed by atoms with Crippen LogP contribution in [-0.2, 0) is 27.8 Å². The molecule has 0 radical (unpaired) electrons. The van der Waals surface area contributed by atoms with E-state index < -0.39 is 10.0 Å². The second-order valence-electron chi connectivity index (χ2n) is 13.1. The van der Waals surface area contributed by atoms with E-state index in [1.807, 2.05) is 45.0 Å². The largest absolute Gasteiger partial charge is 0.337 e.